The van der Waals surface area contributed by atoms with Crippen molar-refractivity contribution in [2.45, 2.75) is 32.0 Å². The van der Waals surface area contributed by atoms with Crippen molar-refractivity contribution in [3.8, 4) is 5.75 Å². The molecule has 3 nitrogen and oxygen atoms in total. The van der Waals surface area contributed by atoms with Crippen molar-refractivity contribution in [3.05, 3.63) is 64.7 Å². The molecule has 2 N–H and O–H groups in total. The van der Waals surface area contributed by atoms with Crippen molar-refractivity contribution in [1.82, 2.24) is 4.90 Å². The predicted molar refractivity (Wildman–Crippen MR) is 102 cm³/mol. The van der Waals surface area contributed by atoms with Crippen molar-refractivity contribution in [3.63, 3.8) is 0 Å². The van der Waals surface area contributed by atoms with Crippen LogP contribution in [-0.2, 0) is 13.1 Å². The zero-order valence-electron chi connectivity index (χ0n) is 13.7. The zero-order valence-corrected chi connectivity index (χ0v) is 15.2. The lowest BCUT2D eigenvalue weighted by Crippen LogP contribution is -2.37. The number of rotatable bonds is 5. The molecule has 1 fully saturated rings. The van der Waals surface area contributed by atoms with Gasteiger partial charge in [0.1, 0.15) is 11.9 Å². The van der Waals surface area contributed by atoms with Gasteiger partial charge in [0, 0.05) is 31.2 Å². The Morgan fingerprint density at radius 3 is 2.42 bits per heavy atom. The summed E-state index contributed by atoms with van der Waals surface area (Å²) >= 11 is 6.19. The van der Waals surface area contributed by atoms with Gasteiger partial charge in [-0.25, -0.2) is 0 Å². The molecule has 5 heteroatoms. The summed E-state index contributed by atoms with van der Waals surface area (Å²) in [5.74, 6) is 0.841. The summed E-state index contributed by atoms with van der Waals surface area (Å²) in [4.78, 5) is 2.49. The van der Waals surface area contributed by atoms with Gasteiger partial charge in [0.15, 0.2) is 0 Å². The largest absolute Gasteiger partial charge is 0.490 e. The molecule has 2 aromatic rings. The van der Waals surface area contributed by atoms with Crippen LogP contribution < -0.4 is 10.5 Å². The van der Waals surface area contributed by atoms with Gasteiger partial charge in [-0.05, 0) is 36.1 Å². The molecule has 0 atom stereocenters. The Morgan fingerprint density at radius 2 is 1.79 bits per heavy atom. The average Bonchev–Trinajstić information content (AvgIpc) is 2.58. The highest BCUT2D eigenvalue weighted by Crippen LogP contribution is 2.25. The van der Waals surface area contributed by atoms with E-state index in [4.69, 9.17) is 22.1 Å². The molecule has 0 amide bonds. The molecule has 1 saturated heterocycles. The van der Waals surface area contributed by atoms with Gasteiger partial charge in [0.2, 0.25) is 0 Å². The quantitative estimate of drug-likeness (QED) is 0.858. The van der Waals surface area contributed by atoms with E-state index in [2.05, 4.69) is 35.2 Å². The number of nitrogens with zero attached hydrogens (tertiary/aromatic N) is 1. The van der Waals surface area contributed by atoms with Gasteiger partial charge in [-0.3, -0.25) is 4.90 Å². The fraction of sp³-hybridized carbons (Fsp3) is 0.368. The van der Waals surface area contributed by atoms with Crippen LogP contribution in [0.15, 0.2) is 48.5 Å². The minimum atomic E-state index is 0. The number of halogens is 2. The van der Waals surface area contributed by atoms with E-state index < -0.39 is 0 Å². The lowest BCUT2D eigenvalue weighted by molar-refractivity contribution is 0.0968. The zero-order chi connectivity index (χ0) is 16.1. The van der Waals surface area contributed by atoms with Gasteiger partial charge in [-0.1, -0.05) is 48.0 Å². The Morgan fingerprint density at radius 1 is 1.08 bits per heavy atom. The maximum absolute atomic E-state index is 6.19. The average molecular weight is 367 g/mol. The molecule has 24 heavy (non-hydrogen) atoms. The lowest BCUT2D eigenvalue weighted by Gasteiger charge is -2.32. The van der Waals surface area contributed by atoms with Gasteiger partial charge >= 0.3 is 0 Å². The highest BCUT2D eigenvalue weighted by Gasteiger charge is 2.20. The van der Waals surface area contributed by atoms with Crippen molar-refractivity contribution in [2.24, 2.45) is 5.73 Å². The second kappa shape index (κ2) is 9.28. The third-order valence-electron chi connectivity index (χ3n) is 4.33. The fourth-order valence-corrected chi connectivity index (χ4v) is 3.23. The summed E-state index contributed by atoms with van der Waals surface area (Å²) in [5, 5.41) is 0.687. The molecule has 130 valence electrons. The Balaban J connectivity index is 0.00000208. The second-order valence-electron chi connectivity index (χ2n) is 6.04. The highest BCUT2D eigenvalue weighted by atomic mass is 35.5. The molecular weight excluding hydrogens is 343 g/mol. The molecule has 2 aromatic carbocycles. The topological polar surface area (TPSA) is 38.5 Å². The number of likely N-dealkylation sites (tertiary alicyclic amines) is 1. The number of benzene rings is 2. The van der Waals surface area contributed by atoms with E-state index in [1.807, 2.05) is 18.2 Å². The highest BCUT2D eigenvalue weighted by molar-refractivity contribution is 6.31. The molecule has 1 aliphatic heterocycles. The van der Waals surface area contributed by atoms with Crippen LogP contribution in [0.25, 0.3) is 0 Å². The summed E-state index contributed by atoms with van der Waals surface area (Å²) in [6.45, 7) is 3.60. The molecule has 0 radical (unpaired) electrons. The van der Waals surface area contributed by atoms with E-state index in [-0.39, 0.29) is 18.5 Å². The first kappa shape index (κ1) is 19.1. The smallest absolute Gasteiger partial charge is 0.121 e. The number of ether oxygens (including phenoxy) is 1. The van der Waals surface area contributed by atoms with Crippen LogP contribution in [0.3, 0.4) is 0 Å². The molecule has 3 rings (SSSR count). The Kier molecular flexibility index (Phi) is 7.38. The summed E-state index contributed by atoms with van der Waals surface area (Å²) in [6.07, 6.45) is 2.36. The van der Waals surface area contributed by atoms with Crippen molar-refractivity contribution in [1.29, 1.82) is 0 Å². The SMILES string of the molecule is Cl.NCc1ccc(OC2CCN(Cc3ccccc3)CC2)cc1Cl. The molecule has 1 heterocycles. The third-order valence-corrected chi connectivity index (χ3v) is 4.68. The summed E-state index contributed by atoms with van der Waals surface area (Å²) in [6, 6.07) is 16.4. The lowest BCUT2D eigenvalue weighted by atomic mass is 10.1. The summed E-state index contributed by atoms with van der Waals surface area (Å²) in [7, 11) is 0. The van der Waals surface area contributed by atoms with E-state index in [0.717, 1.165) is 43.8 Å². The van der Waals surface area contributed by atoms with Gasteiger partial charge in [-0.15, -0.1) is 12.4 Å². The Bertz CT molecular complexity index is 629. The van der Waals surface area contributed by atoms with Crippen molar-refractivity contribution >= 4 is 24.0 Å². The molecule has 0 aliphatic carbocycles. The van der Waals surface area contributed by atoms with E-state index in [1.54, 1.807) is 0 Å². The summed E-state index contributed by atoms with van der Waals surface area (Å²) < 4.78 is 6.08. The maximum Gasteiger partial charge on any atom is 0.121 e. The van der Waals surface area contributed by atoms with Crippen LogP contribution >= 0.6 is 24.0 Å². The first-order valence-electron chi connectivity index (χ1n) is 8.16. The van der Waals surface area contributed by atoms with E-state index >= 15 is 0 Å². The minimum Gasteiger partial charge on any atom is -0.490 e. The standard InChI is InChI=1S/C19H23ClN2O.ClH/c20-19-12-18(7-6-16(19)13-21)23-17-8-10-22(11-9-17)14-15-4-2-1-3-5-15;/h1-7,12,17H,8-11,13-14,21H2;1H. The maximum atomic E-state index is 6.19. The molecule has 0 saturated carbocycles. The van der Waals surface area contributed by atoms with Crippen molar-refractivity contribution < 1.29 is 4.74 Å². The van der Waals surface area contributed by atoms with Crippen LogP contribution in [0.5, 0.6) is 5.75 Å². The number of hydrogen-bond donors (Lipinski definition) is 1. The van der Waals surface area contributed by atoms with Crippen LogP contribution in [-0.4, -0.2) is 24.1 Å². The number of hydrogen-bond acceptors (Lipinski definition) is 3. The molecule has 1 aliphatic rings. The van der Waals surface area contributed by atoms with Crippen LogP contribution in [0, 0.1) is 0 Å². The first-order valence-corrected chi connectivity index (χ1v) is 8.54. The monoisotopic (exact) mass is 366 g/mol. The van der Waals surface area contributed by atoms with Gasteiger partial charge in [-0.2, -0.15) is 0 Å². The van der Waals surface area contributed by atoms with Crippen LogP contribution in [0.4, 0.5) is 0 Å². The third kappa shape index (κ3) is 5.12. The first-order chi connectivity index (χ1) is 11.2. The molecule has 0 unspecified atom stereocenters. The second-order valence-corrected chi connectivity index (χ2v) is 6.44. The molecule has 0 aromatic heterocycles. The molecule has 0 bridgehead atoms. The van der Waals surface area contributed by atoms with Crippen LogP contribution in [0.2, 0.25) is 5.02 Å². The van der Waals surface area contributed by atoms with Gasteiger partial charge < -0.3 is 10.5 Å². The van der Waals surface area contributed by atoms with E-state index in [0.29, 0.717) is 11.6 Å². The van der Waals surface area contributed by atoms with Crippen LogP contribution in [0.1, 0.15) is 24.0 Å². The normalized spacial score (nSPS) is 15.8. The minimum absolute atomic E-state index is 0. The Labute approximate surface area is 155 Å². The molecular formula is C19H24Cl2N2O. The van der Waals surface area contributed by atoms with E-state index in [1.165, 1.54) is 5.56 Å². The number of nitrogens with two attached hydrogens (primary N) is 1. The Hall–Kier alpha value is -1.26. The predicted octanol–water partition coefficient (Wildman–Crippen LogP) is 4.26. The number of piperidine rings is 1. The van der Waals surface area contributed by atoms with E-state index in [9.17, 15) is 0 Å². The van der Waals surface area contributed by atoms with Crippen molar-refractivity contribution in [2.75, 3.05) is 13.1 Å². The molecule has 0 spiro atoms. The van der Waals surface area contributed by atoms with Gasteiger partial charge in [0.25, 0.3) is 0 Å². The van der Waals surface area contributed by atoms with Gasteiger partial charge in [0.05, 0.1) is 0 Å². The fourth-order valence-electron chi connectivity index (χ4n) is 2.99. The summed E-state index contributed by atoms with van der Waals surface area (Å²) in [5.41, 5.74) is 7.96.